The van der Waals surface area contributed by atoms with Crippen LogP contribution >= 0.6 is 0 Å². The van der Waals surface area contributed by atoms with Gasteiger partial charge < -0.3 is 14.4 Å². The van der Waals surface area contributed by atoms with E-state index in [1.165, 1.54) is 23.5 Å². The van der Waals surface area contributed by atoms with Gasteiger partial charge in [0.05, 0.1) is 25.2 Å². The van der Waals surface area contributed by atoms with Gasteiger partial charge in [-0.25, -0.2) is 8.42 Å². The van der Waals surface area contributed by atoms with E-state index in [1.807, 2.05) is 0 Å². The van der Waals surface area contributed by atoms with Crippen molar-refractivity contribution < 1.29 is 22.7 Å². The van der Waals surface area contributed by atoms with Crippen LogP contribution in [0.2, 0.25) is 0 Å². The summed E-state index contributed by atoms with van der Waals surface area (Å²) in [5.41, 5.74) is 0. The van der Waals surface area contributed by atoms with Crippen LogP contribution in [0, 0.1) is 0 Å². The molecule has 1 aromatic carbocycles. The van der Waals surface area contributed by atoms with Gasteiger partial charge in [0.1, 0.15) is 11.8 Å². The molecule has 0 bridgehead atoms. The molecule has 0 aliphatic carbocycles. The van der Waals surface area contributed by atoms with Crippen LogP contribution in [-0.4, -0.2) is 69.5 Å². The zero-order chi connectivity index (χ0) is 17.2. The fraction of sp³-hybridized carbons (Fsp3) is 0.562. The second-order valence-electron chi connectivity index (χ2n) is 5.89. The molecule has 2 fully saturated rings. The van der Waals surface area contributed by atoms with E-state index in [2.05, 4.69) is 0 Å². The number of morpholine rings is 1. The maximum absolute atomic E-state index is 12.9. The van der Waals surface area contributed by atoms with Crippen molar-refractivity contribution in [2.45, 2.75) is 23.8 Å². The Labute approximate surface area is 142 Å². The summed E-state index contributed by atoms with van der Waals surface area (Å²) in [5.74, 6) is 0.476. The second-order valence-corrected chi connectivity index (χ2v) is 7.78. The van der Waals surface area contributed by atoms with Crippen LogP contribution < -0.4 is 4.74 Å². The van der Waals surface area contributed by atoms with E-state index < -0.39 is 16.1 Å². The maximum atomic E-state index is 12.9. The lowest BCUT2D eigenvalue weighted by Crippen LogP contribution is -2.50. The van der Waals surface area contributed by atoms with Crippen LogP contribution in [0.5, 0.6) is 5.75 Å². The molecule has 2 saturated heterocycles. The summed E-state index contributed by atoms with van der Waals surface area (Å²) in [5, 5.41) is 0. The Morgan fingerprint density at radius 1 is 1.17 bits per heavy atom. The molecule has 8 heteroatoms. The highest BCUT2D eigenvalue weighted by molar-refractivity contribution is 7.89. The van der Waals surface area contributed by atoms with E-state index in [0.717, 1.165) is 0 Å². The minimum absolute atomic E-state index is 0.118. The van der Waals surface area contributed by atoms with Crippen molar-refractivity contribution in [3.05, 3.63) is 24.3 Å². The van der Waals surface area contributed by atoms with Gasteiger partial charge in [0, 0.05) is 19.6 Å². The first-order chi connectivity index (χ1) is 11.5. The second kappa shape index (κ2) is 7.08. The Morgan fingerprint density at radius 3 is 2.46 bits per heavy atom. The number of nitrogens with zero attached hydrogens (tertiary/aromatic N) is 2. The van der Waals surface area contributed by atoms with Gasteiger partial charge in [-0.1, -0.05) is 0 Å². The predicted octanol–water partition coefficient (Wildman–Crippen LogP) is 0.707. The van der Waals surface area contributed by atoms with E-state index in [1.54, 1.807) is 17.0 Å². The van der Waals surface area contributed by atoms with Gasteiger partial charge in [0.2, 0.25) is 15.9 Å². The van der Waals surface area contributed by atoms with Gasteiger partial charge in [-0.2, -0.15) is 4.31 Å². The van der Waals surface area contributed by atoms with Crippen LogP contribution in [0.15, 0.2) is 29.2 Å². The Balaban J connectivity index is 1.81. The monoisotopic (exact) mass is 354 g/mol. The van der Waals surface area contributed by atoms with Crippen LogP contribution in [-0.2, 0) is 19.6 Å². The fourth-order valence-electron chi connectivity index (χ4n) is 3.15. The van der Waals surface area contributed by atoms with Gasteiger partial charge in [-0.05, 0) is 37.1 Å². The molecule has 0 N–H and O–H groups in total. The summed E-state index contributed by atoms with van der Waals surface area (Å²) in [6.45, 7) is 2.42. The van der Waals surface area contributed by atoms with Crippen LogP contribution in [0.3, 0.4) is 0 Å². The number of hydrogen-bond donors (Lipinski definition) is 0. The number of sulfonamides is 1. The first-order valence-corrected chi connectivity index (χ1v) is 9.50. The quantitative estimate of drug-likeness (QED) is 0.796. The average Bonchev–Trinajstić information content (AvgIpc) is 3.12. The first kappa shape index (κ1) is 17.2. The summed E-state index contributed by atoms with van der Waals surface area (Å²) >= 11 is 0. The van der Waals surface area contributed by atoms with E-state index in [4.69, 9.17) is 9.47 Å². The summed E-state index contributed by atoms with van der Waals surface area (Å²) in [7, 11) is -2.17. The molecule has 0 spiro atoms. The van der Waals surface area contributed by atoms with Crippen LogP contribution in [0.4, 0.5) is 0 Å². The highest BCUT2D eigenvalue weighted by atomic mass is 32.2. The predicted molar refractivity (Wildman–Crippen MR) is 87.3 cm³/mol. The molecule has 1 aromatic rings. The van der Waals surface area contributed by atoms with Crippen LogP contribution in [0.25, 0.3) is 0 Å². The number of amides is 1. The number of methoxy groups -OCH3 is 1. The molecule has 1 atom stereocenters. The van der Waals surface area contributed by atoms with Gasteiger partial charge in [-0.15, -0.1) is 0 Å². The van der Waals surface area contributed by atoms with Crippen molar-refractivity contribution in [2.24, 2.45) is 0 Å². The summed E-state index contributed by atoms with van der Waals surface area (Å²) in [6, 6.07) is 5.64. The molecule has 0 unspecified atom stereocenters. The van der Waals surface area contributed by atoms with Crippen molar-refractivity contribution in [3.8, 4) is 5.75 Å². The lowest BCUT2D eigenvalue weighted by atomic mass is 10.2. The number of rotatable bonds is 4. The third-order valence-corrected chi connectivity index (χ3v) is 6.40. The Morgan fingerprint density at radius 2 is 1.83 bits per heavy atom. The Bertz CT molecular complexity index is 683. The van der Waals surface area contributed by atoms with E-state index in [0.29, 0.717) is 51.4 Å². The number of hydrogen-bond acceptors (Lipinski definition) is 5. The maximum Gasteiger partial charge on any atom is 0.243 e. The third-order valence-electron chi connectivity index (χ3n) is 4.48. The van der Waals surface area contributed by atoms with Gasteiger partial charge >= 0.3 is 0 Å². The van der Waals surface area contributed by atoms with Gasteiger partial charge in [0.25, 0.3) is 0 Å². The fourth-order valence-corrected chi connectivity index (χ4v) is 4.80. The van der Waals surface area contributed by atoms with E-state index in [9.17, 15) is 13.2 Å². The van der Waals surface area contributed by atoms with Crippen molar-refractivity contribution in [3.63, 3.8) is 0 Å². The molecule has 3 rings (SSSR count). The molecule has 2 aliphatic rings. The topological polar surface area (TPSA) is 76.2 Å². The summed E-state index contributed by atoms with van der Waals surface area (Å²) in [6.07, 6.45) is 1.25. The lowest BCUT2D eigenvalue weighted by Gasteiger charge is -2.32. The molecule has 0 saturated carbocycles. The molecule has 0 aromatic heterocycles. The number of ether oxygens (including phenoxy) is 2. The zero-order valence-corrected chi connectivity index (χ0v) is 14.5. The number of carbonyl (C=O) groups is 1. The molecule has 2 aliphatic heterocycles. The molecule has 1 amide bonds. The smallest absolute Gasteiger partial charge is 0.243 e. The first-order valence-electron chi connectivity index (χ1n) is 8.06. The average molecular weight is 354 g/mol. The minimum atomic E-state index is -3.70. The van der Waals surface area contributed by atoms with Crippen molar-refractivity contribution in [1.82, 2.24) is 9.21 Å². The molecule has 24 heavy (non-hydrogen) atoms. The van der Waals surface area contributed by atoms with Crippen molar-refractivity contribution >= 4 is 15.9 Å². The highest BCUT2D eigenvalue weighted by Crippen LogP contribution is 2.28. The van der Waals surface area contributed by atoms with Gasteiger partial charge in [0.15, 0.2) is 0 Å². The number of benzene rings is 1. The summed E-state index contributed by atoms with van der Waals surface area (Å²) in [4.78, 5) is 14.6. The summed E-state index contributed by atoms with van der Waals surface area (Å²) < 4.78 is 37.5. The molecule has 132 valence electrons. The number of carbonyl (C=O) groups excluding carboxylic acids is 1. The molecule has 7 nitrogen and oxygen atoms in total. The zero-order valence-electron chi connectivity index (χ0n) is 13.7. The van der Waals surface area contributed by atoms with E-state index in [-0.39, 0.29) is 10.8 Å². The third kappa shape index (κ3) is 3.26. The lowest BCUT2D eigenvalue weighted by molar-refractivity contribution is -0.138. The van der Waals surface area contributed by atoms with Gasteiger partial charge in [-0.3, -0.25) is 4.79 Å². The Hall–Kier alpha value is -1.64. The molecular formula is C16H22N2O5S. The Kier molecular flexibility index (Phi) is 5.07. The normalized spacial score (nSPS) is 22.5. The standard InChI is InChI=1S/C16H22N2O5S/c1-22-13-4-6-14(7-5-13)24(20,21)18-8-2-3-15(18)16(19)17-9-11-23-12-10-17/h4-7,15H,2-3,8-12H2,1H3/t15-/m0/s1. The largest absolute Gasteiger partial charge is 0.497 e. The highest BCUT2D eigenvalue weighted by Gasteiger charge is 2.41. The van der Waals surface area contributed by atoms with E-state index >= 15 is 0 Å². The SMILES string of the molecule is COc1ccc(S(=O)(=O)N2CCC[C@H]2C(=O)N2CCOCC2)cc1. The van der Waals surface area contributed by atoms with Crippen molar-refractivity contribution in [1.29, 1.82) is 0 Å². The molecule has 0 radical (unpaired) electrons. The molecule has 2 heterocycles. The minimum Gasteiger partial charge on any atom is -0.497 e. The molecular weight excluding hydrogens is 332 g/mol. The van der Waals surface area contributed by atoms with Crippen molar-refractivity contribution in [2.75, 3.05) is 40.0 Å². The van der Waals surface area contributed by atoms with Crippen LogP contribution in [0.1, 0.15) is 12.8 Å².